The standard InChI is InChI=1S/C15H16N2S/c1-12(17-11-16)13-7-9-15(10-8-13)18-14-5-3-2-4-6-14/h2-10H,11,16H2,1H3/b17-12+. The molecule has 0 saturated carbocycles. The molecule has 0 aliphatic carbocycles. The van der Waals surface area contributed by atoms with Crippen molar-refractivity contribution in [3.63, 3.8) is 0 Å². The van der Waals surface area contributed by atoms with Gasteiger partial charge < -0.3 is 5.73 Å². The van der Waals surface area contributed by atoms with Crippen molar-refractivity contribution in [1.82, 2.24) is 0 Å². The van der Waals surface area contributed by atoms with Crippen molar-refractivity contribution in [1.29, 1.82) is 0 Å². The quantitative estimate of drug-likeness (QED) is 0.849. The summed E-state index contributed by atoms with van der Waals surface area (Å²) in [7, 11) is 0. The molecule has 2 rings (SSSR count). The predicted molar refractivity (Wildman–Crippen MR) is 78.3 cm³/mol. The van der Waals surface area contributed by atoms with Crippen LogP contribution in [0.1, 0.15) is 12.5 Å². The smallest absolute Gasteiger partial charge is 0.0862 e. The van der Waals surface area contributed by atoms with Crippen LogP contribution in [0.15, 0.2) is 69.4 Å². The van der Waals surface area contributed by atoms with E-state index >= 15 is 0 Å². The van der Waals surface area contributed by atoms with E-state index in [0.29, 0.717) is 6.67 Å². The monoisotopic (exact) mass is 256 g/mol. The average Bonchev–Trinajstić information content (AvgIpc) is 2.41. The van der Waals surface area contributed by atoms with Crippen LogP contribution in [0.5, 0.6) is 0 Å². The Morgan fingerprint density at radius 3 is 2.22 bits per heavy atom. The molecule has 0 aromatic heterocycles. The molecule has 0 spiro atoms. The predicted octanol–water partition coefficient (Wildman–Crippen LogP) is 3.56. The van der Waals surface area contributed by atoms with Gasteiger partial charge in [0.05, 0.1) is 6.67 Å². The molecule has 3 heteroatoms. The Morgan fingerprint density at radius 2 is 1.61 bits per heavy atom. The van der Waals surface area contributed by atoms with Crippen LogP contribution in [-0.4, -0.2) is 12.4 Å². The van der Waals surface area contributed by atoms with Crippen LogP contribution >= 0.6 is 11.8 Å². The lowest BCUT2D eigenvalue weighted by atomic mass is 10.1. The highest BCUT2D eigenvalue weighted by Crippen LogP contribution is 2.27. The van der Waals surface area contributed by atoms with E-state index in [-0.39, 0.29) is 0 Å². The minimum Gasteiger partial charge on any atom is -0.312 e. The van der Waals surface area contributed by atoms with Gasteiger partial charge in [-0.15, -0.1) is 0 Å². The fraction of sp³-hybridized carbons (Fsp3) is 0.133. The molecule has 92 valence electrons. The van der Waals surface area contributed by atoms with Crippen molar-refractivity contribution in [3.8, 4) is 0 Å². The van der Waals surface area contributed by atoms with Crippen LogP contribution in [0.25, 0.3) is 0 Å². The first kappa shape index (κ1) is 12.9. The minimum absolute atomic E-state index is 0.340. The van der Waals surface area contributed by atoms with Gasteiger partial charge in [-0.2, -0.15) is 0 Å². The van der Waals surface area contributed by atoms with E-state index in [1.807, 2.05) is 13.0 Å². The van der Waals surface area contributed by atoms with E-state index < -0.39 is 0 Å². The van der Waals surface area contributed by atoms with Crippen molar-refractivity contribution in [2.75, 3.05) is 6.67 Å². The van der Waals surface area contributed by atoms with E-state index in [1.54, 1.807) is 11.8 Å². The van der Waals surface area contributed by atoms with Gasteiger partial charge in [0.15, 0.2) is 0 Å². The van der Waals surface area contributed by atoms with Crippen LogP contribution < -0.4 is 5.73 Å². The van der Waals surface area contributed by atoms with Gasteiger partial charge in [0.2, 0.25) is 0 Å². The molecule has 2 nitrogen and oxygen atoms in total. The van der Waals surface area contributed by atoms with Crippen LogP contribution in [0.3, 0.4) is 0 Å². The second-order valence-electron chi connectivity index (χ2n) is 3.87. The van der Waals surface area contributed by atoms with Gasteiger partial charge in [-0.25, -0.2) is 0 Å². The zero-order valence-corrected chi connectivity index (χ0v) is 11.2. The molecule has 0 heterocycles. The zero-order valence-electron chi connectivity index (χ0n) is 10.3. The minimum atomic E-state index is 0.340. The summed E-state index contributed by atoms with van der Waals surface area (Å²) in [5, 5.41) is 0. The first-order valence-corrected chi connectivity index (χ1v) is 6.65. The van der Waals surface area contributed by atoms with Gasteiger partial charge in [0.25, 0.3) is 0 Å². The Balaban J connectivity index is 2.11. The van der Waals surface area contributed by atoms with Crippen molar-refractivity contribution >= 4 is 17.5 Å². The third-order valence-corrected chi connectivity index (χ3v) is 3.60. The fourth-order valence-corrected chi connectivity index (χ4v) is 2.45. The molecular weight excluding hydrogens is 240 g/mol. The molecular formula is C15H16N2S. The van der Waals surface area contributed by atoms with E-state index in [4.69, 9.17) is 5.73 Å². The van der Waals surface area contributed by atoms with Gasteiger partial charge in [0.1, 0.15) is 0 Å². The number of nitrogens with zero attached hydrogens (tertiary/aromatic N) is 1. The van der Waals surface area contributed by atoms with Crippen LogP contribution in [0.2, 0.25) is 0 Å². The summed E-state index contributed by atoms with van der Waals surface area (Å²) in [5.74, 6) is 0. The van der Waals surface area contributed by atoms with E-state index in [9.17, 15) is 0 Å². The highest BCUT2D eigenvalue weighted by Gasteiger charge is 1.99. The summed E-state index contributed by atoms with van der Waals surface area (Å²) in [6.45, 7) is 2.32. The molecule has 0 radical (unpaired) electrons. The molecule has 2 aromatic rings. The fourth-order valence-electron chi connectivity index (χ4n) is 1.62. The topological polar surface area (TPSA) is 38.4 Å². The zero-order chi connectivity index (χ0) is 12.8. The van der Waals surface area contributed by atoms with E-state index in [0.717, 1.165) is 11.3 Å². The lowest BCUT2D eigenvalue weighted by Gasteiger charge is -2.04. The second kappa shape index (κ2) is 6.38. The van der Waals surface area contributed by atoms with Crippen molar-refractivity contribution in [3.05, 3.63) is 60.2 Å². The largest absolute Gasteiger partial charge is 0.312 e. The molecule has 0 saturated heterocycles. The van der Waals surface area contributed by atoms with Gasteiger partial charge in [-0.05, 0) is 36.8 Å². The third-order valence-electron chi connectivity index (χ3n) is 2.58. The molecule has 2 aromatic carbocycles. The number of nitrogens with two attached hydrogens (primary N) is 1. The molecule has 0 aliphatic rings. The number of hydrogen-bond acceptors (Lipinski definition) is 3. The summed E-state index contributed by atoms with van der Waals surface area (Å²) in [5.41, 5.74) is 7.51. The SMILES string of the molecule is C/C(=N\CN)c1ccc(Sc2ccccc2)cc1. The summed E-state index contributed by atoms with van der Waals surface area (Å²) in [6, 6.07) is 18.7. The van der Waals surface area contributed by atoms with E-state index in [1.165, 1.54) is 9.79 Å². The summed E-state index contributed by atoms with van der Waals surface area (Å²) in [6.07, 6.45) is 0. The molecule has 18 heavy (non-hydrogen) atoms. The third kappa shape index (κ3) is 3.45. The number of aliphatic imine (C=N–C) groups is 1. The van der Waals surface area contributed by atoms with Crippen LogP contribution in [0, 0.1) is 0 Å². The Kier molecular flexibility index (Phi) is 4.56. The number of benzene rings is 2. The van der Waals surface area contributed by atoms with Crippen molar-refractivity contribution < 1.29 is 0 Å². The first-order valence-electron chi connectivity index (χ1n) is 5.84. The van der Waals surface area contributed by atoms with Crippen molar-refractivity contribution in [2.45, 2.75) is 16.7 Å². The van der Waals surface area contributed by atoms with Gasteiger partial charge in [-0.1, -0.05) is 42.1 Å². The summed E-state index contributed by atoms with van der Waals surface area (Å²) in [4.78, 5) is 6.67. The van der Waals surface area contributed by atoms with Crippen molar-refractivity contribution in [2.24, 2.45) is 10.7 Å². The molecule has 0 fully saturated rings. The summed E-state index contributed by atoms with van der Waals surface area (Å²) < 4.78 is 0. The Hall–Kier alpha value is -1.58. The highest BCUT2D eigenvalue weighted by atomic mass is 32.2. The molecule has 2 N–H and O–H groups in total. The molecule has 0 unspecified atom stereocenters. The molecule has 0 bridgehead atoms. The number of rotatable bonds is 4. The molecule has 0 atom stereocenters. The van der Waals surface area contributed by atoms with E-state index in [2.05, 4.69) is 53.5 Å². The number of hydrogen-bond donors (Lipinski definition) is 1. The lowest BCUT2D eigenvalue weighted by molar-refractivity contribution is 1.07. The Morgan fingerprint density at radius 1 is 1.00 bits per heavy atom. The Bertz CT molecular complexity index is 518. The van der Waals surface area contributed by atoms with Gasteiger partial charge in [-0.3, -0.25) is 4.99 Å². The highest BCUT2D eigenvalue weighted by molar-refractivity contribution is 7.99. The maximum atomic E-state index is 5.41. The maximum Gasteiger partial charge on any atom is 0.0862 e. The first-order chi connectivity index (χ1) is 8.79. The second-order valence-corrected chi connectivity index (χ2v) is 5.01. The molecule has 0 amide bonds. The van der Waals surface area contributed by atoms with Crippen LogP contribution in [-0.2, 0) is 0 Å². The summed E-state index contributed by atoms with van der Waals surface area (Å²) >= 11 is 1.76. The maximum absolute atomic E-state index is 5.41. The van der Waals surface area contributed by atoms with Gasteiger partial charge in [0, 0.05) is 15.5 Å². The van der Waals surface area contributed by atoms with Gasteiger partial charge >= 0.3 is 0 Å². The molecule has 0 aliphatic heterocycles. The lowest BCUT2D eigenvalue weighted by Crippen LogP contribution is -2.01. The van der Waals surface area contributed by atoms with Crippen LogP contribution in [0.4, 0.5) is 0 Å². The normalized spacial score (nSPS) is 11.6. The average molecular weight is 256 g/mol. The Labute approximate surface area is 112 Å².